The molecule has 0 saturated heterocycles. The van der Waals surface area contributed by atoms with Crippen LogP contribution in [-0.2, 0) is 6.54 Å². The highest BCUT2D eigenvalue weighted by molar-refractivity contribution is 5.33. The van der Waals surface area contributed by atoms with E-state index in [-0.39, 0.29) is 12.3 Å². The van der Waals surface area contributed by atoms with E-state index in [4.69, 9.17) is 0 Å². The van der Waals surface area contributed by atoms with E-state index >= 15 is 0 Å². The molecule has 0 aliphatic rings. The number of aliphatic hydroxyl groups excluding tert-OH is 1. The van der Waals surface area contributed by atoms with E-state index in [2.05, 4.69) is 10.1 Å². The molecule has 0 bridgehead atoms. The number of para-hydroxylation sites is 1. The lowest BCUT2D eigenvalue weighted by Crippen LogP contribution is -2.09. The van der Waals surface area contributed by atoms with Gasteiger partial charge < -0.3 is 10.2 Å². The van der Waals surface area contributed by atoms with E-state index in [0.717, 1.165) is 0 Å². The lowest BCUT2D eigenvalue weighted by atomic mass is 10.1. The summed E-state index contributed by atoms with van der Waals surface area (Å²) in [5, 5.41) is 23.2. The van der Waals surface area contributed by atoms with Crippen molar-refractivity contribution in [3.05, 3.63) is 42.5 Å². The molecule has 0 saturated carbocycles. The van der Waals surface area contributed by atoms with E-state index in [1.54, 1.807) is 24.3 Å². The summed E-state index contributed by atoms with van der Waals surface area (Å²) in [6.45, 7) is 0.275. The first-order valence-electron chi connectivity index (χ1n) is 4.56. The summed E-state index contributed by atoms with van der Waals surface area (Å²) in [4.78, 5) is 3.77. The number of hydrogen-bond donors (Lipinski definition) is 2. The first-order valence-corrected chi connectivity index (χ1v) is 4.56. The van der Waals surface area contributed by atoms with Crippen molar-refractivity contribution >= 4 is 0 Å². The van der Waals surface area contributed by atoms with Crippen LogP contribution in [0, 0.1) is 0 Å². The molecule has 15 heavy (non-hydrogen) atoms. The summed E-state index contributed by atoms with van der Waals surface area (Å²) >= 11 is 0. The number of phenolic OH excluding ortho intramolecular Hbond substituents is 1. The molecule has 0 fully saturated rings. The van der Waals surface area contributed by atoms with Gasteiger partial charge in [-0.3, -0.25) is 4.68 Å². The molecular formula is C10H11N3O2. The molecule has 1 heterocycles. The van der Waals surface area contributed by atoms with Crippen molar-refractivity contribution in [2.24, 2.45) is 0 Å². The standard InChI is InChI=1S/C10H11N3O2/c14-9-4-2-1-3-8(9)10(15)5-13-7-11-6-12-13/h1-4,6-7,10,14-15H,5H2. The van der Waals surface area contributed by atoms with Crippen molar-refractivity contribution in [2.75, 3.05) is 0 Å². The molecule has 1 unspecified atom stereocenters. The molecule has 0 spiro atoms. The van der Waals surface area contributed by atoms with Crippen LogP contribution in [0.2, 0.25) is 0 Å². The van der Waals surface area contributed by atoms with Gasteiger partial charge in [0.2, 0.25) is 0 Å². The van der Waals surface area contributed by atoms with Crippen LogP contribution in [0.4, 0.5) is 0 Å². The fourth-order valence-corrected chi connectivity index (χ4v) is 1.37. The highest BCUT2D eigenvalue weighted by atomic mass is 16.3. The van der Waals surface area contributed by atoms with Gasteiger partial charge in [0.15, 0.2) is 0 Å². The first-order chi connectivity index (χ1) is 7.27. The SMILES string of the molecule is Oc1ccccc1C(O)Cn1cncn1. The van der Waals surface area contributed by atoms with Crippen molar-refractivity contribution in [3.8, 4) is 5.75 Å². The monoisotopic (exact) mass is 205 g/mol. The Kier molecular flexibility index (Phi) is 2.64. The summed E-state index contributed by atoms with van der Waals surface area (Å²) in [6, 6.07) is 6.69. The van der Waals surface area contributed by atoms with Crippen LogP contribution in [-0.4, -0.2) is 25.0 Å². The lowest BCUT2D eigenvalue weighted by Gasteiger charge is -2.11. The van der Waals surface area contributed by atoms with Gasteiger partial charge in [-0.15, -0.1) is 0 Å². The predicted molar refractivity (Wildman–Crippen MR) is 53.1 cm³/mol. The van der Waals surface area contributed by atoms with Crippen LogP contribution in [0.15, 0.2) is 36.9 Å². The zero-order chi connectivity index (χ0) is 10.7. The van der Waals surface area contributed by atoms with Crippen LogP contribution in [0.3, 0.4) is 0 Å². The minimum Gasteiger partial charge on any atom is -0.508 e. The number of rotatable bonds is 3. The van der Waals surface area contributed by atoms with Gasteiger partial charge >= 0.3 is 0 Å². The highest BCUT2D eigenvalue weighted by Gasteiger charge is 2.12. The van der Waals surface area contributed by atoms with Crippen LogP contribution in [0.25, 0.3) is 0 Å². The molecule has 5 nitrogen and oxygen atoms in total. The summed E-state index contributed by atoms with van der Waals surface area (Å²) < 4.78 is 1.51. The van der Waals surface area contributed by atoms with Gasteiger partial charge in [0, 0.05) is 5.56 Å². The average molecular weight is 205 g/mol. The van der Waals surface area contributed by atoms with Crippen molar-refractivity contribution in [1.82, 2.24) is 14.8 Å². The lowest BCUT2D eigenvalue weighted by molar-refractivity contribution is 0.148. The average Bonchev–Trinajstić information content (AvgIpc) is 2.71. The highest BCUT2D eigenvalue weighted by Crippen LogP contribution is 2.24. The molecule has 2 aromatic rings. The summed E-state index contributed by atoms with van der Waals surface area (Å²) in [5.41, 5.74) is 0.494. The molecule has 5 heteroatoms. The van der Waals surface area contributed by atoms with Gasteiger partial charge in [-0.2, -0.15) is 5.10 Å². The number of aromatic hydroxyl groups is 1. The van der Waals surface area contributed by atoms with Crippen molar-refractivity contribution in [1.29, 1.82) is 0 Å². The Hall–Kier alpha value is -1.88. The number of aliphatic hydroxyl groups is 1. The fourth-order valence-electron chi connectivity index (χ4n) is 1.37. The Bertz CT molecular complexity index is 428. The minimum absolute atomic E-state index is 0.0881. The molecule has 0 radical (unpaired) electrons. The van der Waals surface area contributed by atoms with Crippen LogP contribution < -0.4 is 0 Å². The molecule has 1 atom stereocenters. The third kappa shape index (κ3) is 2.13. The molecule has 1 aromatic heterocycles. The molecule has 2 N–H and O–H groups in total. The second-order valence-electron chi connectivity index (χ2n) is 3.19. The van der Waals surface area contributed by atoms with E-state index in [1.165, 1.54) is 17.3 Å². The normalized spacial score (nSPS) is 12.6. The van der Waals surface area contributed by atoms with Gasteiger partial charge in [0.25, 0.3) is 0 Å². The van der Waals surface area contributed by atoms with Gasteiger partial charge in [0.1, 0.15) is 24.5 Å². The van der Waals surface area contributed by atoms with E-state index in [9.17, 15) is 10.2 Å². The van der Waals surface area contributed by atoms with Crippen LogP contribution >= 0.6 is 0 Å². The third-order valence-electron chi connectivity index (χ3n) is 2.12. The molecular weight excluding hydrogens is 194 g/mol. The maximum Gasteiger partial charge on any atom is 0.137 e. The van der Waals surface area contributed by atoms with Gasteiger partial charge in [0.05, 0.1) is 6.54 Å². The zero-order valence-electron chi connectivity index (χ0n) is 7.98. The molecule has 78 valence electrons. The summed E-state index contributed by atoms with van der Waals surface area (Å²) in [5.74, 6) is 0.0881. The predicted octanol–water partition coefficient (Wildman–Crippen LogP) is 0.717. The van der Waals surface area contributed by atoms with E-state index < -0.39 is 6.10 Å². The zero-order valence-corrected chi connectivity index (χ0v) is 7.98. The number of benzene rings is 1. The number of nitrogens with zero attached hydrogens (tertiary/aromatic N) is 3. The molecule has 1 aromatic carbocycles. The Labute approximate surface area is 86.6 Å². The third-order valence-corrected chi connectivity index (χ3v) is 2.12. The number of aromatic nitrogens is 3. The maximum absolute atomic E-state index is 9.82. The van der Waals surface area contributed by atoms with Crippen LogP contribution in [0.5, 0.6) is 5.75 Å². The topological polar surface area (TPSA) is 71.2 Å². The Morgan fingerprint density at radius 3 is 2.80 bits per heavy atom. The van der Waals surface area contributed by atoms with E-state index in [1.807, 2.05) is 0 Å². The first kappa shape index (κ1) is 9.67. The molecule has 2 rings (SSSR count). The maximum atomic E-state index is 9.82. The Morgan fingerprint density at radius 1 is 1.33 bits per heavy atom. The Morgan fingerprint density at radius 2 is 2.13 bits per heavy atom. The number of phenols is 1. The van der Waals surface area contributed by atoms with Crippen molar-refractivity contribution in [2.45, 2.75) is 12.6 Å². The largest absolute Gasteiger partial charge is 0.508 e. The van der Waals surface area contributed by atoms with Crippen molar-refractivity contribution in [3.63, 3.8) is 0 Å². The quantitative estimate of drug-likeness (QED) is 0.774. The minimum atomic E-state index is -0.784. The second kappa shape index (κ2) is 4.10. The van der Waals surface area contributed by atoms with Crippen molar-refractivity contribution < 1.29 is 10.2 Å². The van der Waals surface area contributed by atoms with Gasteiger partial charge in [-0.25, -0.2) is 4.98 Å². The van der Waals surface area contributed by atoms with Gasteiger partial charge in [-0.1, -0.05) is 18.2 Å². The molecule has 0 amide bonds. The fraction of sp³-hybridized carbons (Fsp3) is 0.200. The number of hydrogen-bond acceptors (Lipinski definition) is 4. The second-order valence-corrected chi connectivity index (χ2v) is 3.19. The molecule has 0 aliphatic heterocycles. The molecule has 0 aliphatic carbocycles. The summed E-state index contributed by atoms with van der Waals surface area (Å²) in [6.07, 6.45) is 2.13. The Balaban J connectivity index is 2.15. The summed E-state index contributed by atoms with van der Waals surface area (Å²) in [7, 11) is 0. The smallest absolute Gasteiger partial charge is 0.137 e. The van der Waals surface area contributed by atoms with Gasteiger partial charge in [-0.05, 0) is 6.07 Å². The van der Waals surface area contributed by atoms with E-state index in [0.29, 0.717) is 5.56 Å². The van der Waals surface area contributed by atoms with Crippen LogP contribution in [0.1, 0.15) is 11.7 Å².